The first-order chi connectivity index (χ1) is 25.2. The van der Waals surface area contributed by atoms with E-state index in [-0.39, 0.29) is 43.3 Å². The van der Waals surface area contributed by atoms with E-state index in [1.165, 1.54) is 4.90 Å². The minimum absolute atomic E-state index is 0.0456. The van der Waals surface area contributed by atoms with Crippen LogP contribution in [0.5, 0.6) is 0 Å². The molecule has 3 aliphatic rings. The molecule has 0 aliphatic carbocycles. The van der Waals surface area contributed by atoms with Crippen molar-refractivity contribution in [3.63, 3.8) is 0 Å². The number of aliphatic hydroxyl groups excluding tert-OH is 1. The van der Waals surface area contributed by atoms with Crippen LogP contribution in [0.4, 0.5) is 0 Å². The minimum Gasteiger partial charge on any atom is -0.455 e. The van der Waals surface area contributed by atoms with Crippen LogP contribution in [0.25, 0.3) is 0 Å². The normalized spacial score (nSPS) is 24.6. The number of amides is 3. The molecule has 7 atom stereocenters. The molecule has 0 radical (unpaired) electrons. The lowest BCUT2D eigenvalue weighted by molar-refractivity contribution is -0.161. The maximum Gasteiger partial charge on any atom is 0.313 e. The topological polar surface area (TPSA) is 125 Å². The van der Waals surface area contributed by atoms with E-state index >= 15 is 4.79 Å². The molecule has 2 N–H and O–H groups in total. The zero-order valence-corrected chi connectivity index (χ0v) is 32.0. The first-order valence-electron chi connectivity index (χ1n) is 18.9. The molecule has 10 heteroatoms. The predicted octanol–water partition coefficient (Wildman–Crippen LogP) is 5.56. The molecule has 2 aromatic carbocycles. The second-order valence-corrected chi connectivity index (χ2v) is 16.6. The van der Waals surface area contributed by atoms with Crippen molar-refractivity contribution in [2.24, 2.45) is 17.3 Å². The molecule has 0 saturated carbocycles. The summed E-state index contributed by atoms with van der Waals surface area (Å²) >= 11 is 0. The van der Waals surface area contributed by atoms with E-state index < -0.39 is 59.1 Å². The highest BCUT2D eigenvalue weighted by Crippen LogP contribution is 2.59. The molecule has 3 fully saturated rings. The summed E-state index contributed by atoms with van der Waals surface area (Å²) in [5.74, 6) is -3.48. The second-order valence-electron chi connectivity index (χ2n) is 16.6. The zero-order chi connectivity index (χ0) is 38.6. The number of rotatable bonds is 17. The number of aliphatic hydroxyl groups is 1. The van der Waals surface area contributed by atoms with Gasteiger partial charge in [0.15, 0.2) is 0 Å². The van der Waals surface area contributed by atoms with Gasteiger partial charge in [-0.25, -0.2) is 0 Å². The lowest BCUT2D eigenvalue weighted by atomic mass is 9.70. The molecule has 0 aromatic heterocycles. The molecule has 3 heterocycles. The van der Waals surface area contributed by atoms with E-state index in [0.29, 0.717) is 37.7 Å². The zero-order valence-electron chi connectivity index (χ0n) is 32.0. The van der Waals surface area contributed by atoms with Crippen molar-refractivity contribution < 1.29 is 33.8 Å². The van der Waals surface area contributed by atoms with E-state index in [0.717, 1.165) is 5.56 Å². The first kappa shape index (κ1) is 39.9. The van der Waals surface area contributed by atoms with Gasteiger partial charge in [0.1, 0.15) is 17.7 Å². The minimum atomic E-state index is -1.30. The van der Waals surface area contributed by atoms with Gasteiger partial charge in [0.25, 0.3) is 0 Å². The van der Waals surface area contributed by atoms with Gasteiger partial charge in [-0.3, -0.25) is 19.2 Å². The van der Waals surface area contributed by atoms with Crippen molar-refractivity contribution in [1.29, 1.82) is 0 Å². The summed E-state index contributed by atoms with van der Waals surface area (Å²) in [6.07, 6.45) is 4.53. The molecule has 3 amide bonds. The standard InChI is InChI=1S/C43H57N3O7/c1-8-10-21-34(48)44-26-33(30-19-15-12-16-20-30)52-40(51)35-32-22-23-43(53-32)36(35)38(49)46(31(27-47)25-29-17-13-11-14-18-29)37(43)39(50)45(24-9-2)42(6,7)28-41(3,4)5/h8-9,11-20,31-33,35-37,47H,1-2,10,21-28H2,3-7H3,(H,44,48)/t31-,32+,33-,35-,36-,37+,43-/m1/s1. The number of benzene rings is 2. The van der Waals surface area contributed by atoms with Crippen molar-refractivity contribution >= 4 is 23.7 Å². The summed E-state index contributed by atoms with van der Waals surface area (Å²) in [5.41, 5.74) is -0.452. The molecule has 286 valence electrons. The molecule has 0 unspecified atom stereocenters. The number of nitrogens with one attached hydrogen (secondary N) is 1. The molecular formula is C43H57N3O7. The van der Waals surface area contributed by atoms with Gasteiger partial charge in [-0.15, -0.1) is 13.2 Å². The third-order valence-corrected chi connectivity index (χ3v) is 10.9. The van der Waals surface area contributed by atoms with E-state index in [2.05, 4.69) is 39.2 Å². The van der Waals surface area contributed by atoms with Crippen LogP contribution >= 0.6 is 0 Å². The lowest BCUT2D eigenvalue weighted by Gasteiger charge is -2.46. The molecule has 5 rings (SSSR count). The Labute approximate surface area is 314 Å². The third kappa shape index (κ3) is 8.44. The van der Waals surface area contributed by atoms with Crippen molar-refractivity contribution in [1.82, 2.24) is 15.1 Å². The van der Waals surface area contributed by atoms with Crippen LogP contribution in [0.15, 0.2) is 86.0 Å². The summed E-state index contributed by atoms with van der Waals surface area (Å²) < 4.78 is 13.0. The summed E-state index contributed by atoms with van der Waals surface area (Å²) in [5, 5.41) is 13.8. The Hall–Kier alpha value is -4.28. The summed E-state index contributed by atoms with van der Waals surface area (Å²) in [6, 6.07) is 16.9. The van der Waals surface area contributed by atoms with Crippen LogP contribution < -0.4 is 5.32 Å². The smallest absolute Gasteiger partial charge is 0.313 e. The van der Waals surface area contributed by atoms with Gasteiger partial charge in [0, 0.05) is 18.5 Å². The van der Waals surface area contributed by atoms with Crippen molar-refractivity contribution in [3.05, 3.63) is 97.1 Å². The third-order valence-electron chi connectivity index (χ3n) is 10.9. The first-order valence-corrected chi connectivity index (χ1v) is 18.9. The summed E-state index contributed by atoms with van der Waals surface area (Å²) in [6.45, 7) is 18.0. The molecule has 10 nitrogen and oxygen atoms in total. The SMILES string of the molecule is C=CCCC(=O)NC[C@@H](OC(=O)[C@@H]1[C@@H]2CC[C@]3(O2)[C@H](C(=O)N(CC=C)C(C)(C)CC(C)(C)C)N([C@@H](CO)Cc2ccccc2)C(=O)[C@@H]13)c1ccccc1. The Balaban J connectivity index is 1.53. The highest BCUT2D eigenvalue weighted by atomic mass is 16.6. The summed E-state index contributed by atoms with van der Waals surface area (Å²) in [4.78, 5) is 60.5. The molecule has 2 aromatic rings. The fourth-order valence-corrected chi connectivity index (χ4v) is 9.12. The van der Waals surface area contributed by atoms with Crippen molar-refractivity contribution in [2.75, 3.05) is 19.7 Å². The van der Waals surface area contributed by atoms with E-state index in [1.807, 2.05) is 74.5 Å². The van der Waals surface area contributed by atoms with Crippen LogP contribution in [0, 0.1) is 17.3 Å². The Morgan fingerprint density at radius 3 is 2.32 bits per heavy atom. The van der Waals surface area contributed by atoms with Gasteiger partial charge in [0.2, 0.25) is 17.7 Å². The quantitative estimate of drug-likeness (QED) is 0.162. The Morgan fingerprint density at radius 1 is 1.06 bits per heavy atom. The Bertz CT molecular complexity index is 1640. The molecule has 1 spiro atoms. The Kier molecular flexibility index (Phi) is 12.3. The van der Waals surface area contributed by atoms with E-state index in [1.54, 1.807) is 17.1 Å². The van der Waals surface area contributed by atoms with Crippen LogP contribution in [0.1, 0.15) is 84.0 Å². The van der Waals surface area contributed by atoms with Gasteiger partial charge in [-0.1, -0.05) is 93.6 Å². The number of likely N-dealkylation sites (tertiary alicyclic amines) is 1. The largest absolute Gasteiger partial charge is 0.455 e. The fourth-order valence-electron chi connectivity index (χ4n) is 9.12. The van der Waals surface area contributed by atoms with E-state index in [9.17, 15) is 19.5 Å². The average molecular weight is 728 g/mol. The van der Waals surface area contributed by atoms with Crippen molar-refractivity contribution in [2.45, 2.75) is 109 Å². The fraction of sp³-hybridized carbons (Fsp3) is 0.535. The number of hydrogen-bond donors (Lipinski definition) is 2. The Morgan fingerprint density at radius 2 is 1.72 bits per heavy atom. The molecule has 2 bridgehead atoms. The number of carbonyl (C=O) groups is 4. The molecule has 3 saturated heterocycles. The number of carbonyl (C=O) groups excluding carboxylic acids is 4. The van der Waals surface area contributed by atoms with Crippen molar-refractivity contribution in [3.8, 4) is 0 Å². The lowest BCUT2D eigenvalue weighted by Crippen LogP contribution is -2.62. The van der Waals surface area contributed by atoms with Gasteiger partial charge in [0.05, 0.1) is 37.1 Å². The van der Waals surface area contributed by atoms with Gasteiger partial charge in [-0.2, -0.15) is 0 Å². The molecule has 53 heavy (non-hydrogen) atoms. The van der Waals surface area contributed by atoms with Gasteiger partial charge in [-0.05, 0) is 62.5 Å². The summed E-state index contributed by atoms with van der Waals surface area (Å²) in [7, 11) is 0. The van der Waals surface area contributed by atoms with Crippen LogP contribution in [-0.2, 0) is 35.1 Å². The van der Waals surface area contributed by atoms with Gasteiger partial charge < -0.3 is 29.7 Å². The predicted molar refractivity (Wildman–Crippen MR) is 203 cm³/mol. The van der Waals surface area contributed by atoms with Gasteiger partial charge >= 0.3 is 5.97 Å². The highest BCUT2D eigenvalue weighted by Gasteiger charge is 2.76. The number of fused-ring (bicyclic) bond motifs is 1. The highest BCUT2D eigenvalue weighted by molar-refractivity contribution is 5.98. The number of ether oxygens (including phenoxy) is 2. The monoisotopic (exact) mass is 727 g/mol. The number of allylic oxidation sites excluding steroid dienone is 1. The second kappa shape index (κ2) is 16.4. The molecule has 3 aliphatic heterocycles. The van der Waals surface area contributed by atoms with Crippen LogP contribution in [0.2, 0.25) is 0 Å². The van der Waals surface area contributed by atoms with Crippen LogP contribution in [-0.4, -0.2) is 87.6 Å². The van der Waals surface area contributed by atoms with Crippen LogP contribution in [0.3, 0.4) is 0 Å². The number of hydrogen-bond acceptors (Lipinski definition) is 7. The number of esters is 1. The number of nitrogens with zero attached hydrogens (tertiary/aromatic N) is 2. The molecular weight excluding hydrogens is 670 g/mol. The average Bonchev–Trinajstić information content (AvgIpc) is 3.77. The maximum atomic E-state index is 15.2. The van der Waals surface area contributed by atoms with E-state index in [4.69, 9.17) is 9.47 Å². The maximum absolute atomic E-state index is 15.2.